The number of piperidine rings is 1. The molecule has 1 aliphatic heterocycles. The molecular formula is C12H15Cl2FN2O. The van der Waals surface area contributed by atoms with Crippen molar-refractivity contribution in [3.05, 3.63) is 34.6 Å². The average Bonchev–Trinajstić information content (AvgIpc) is 2.32. The quantitative estimate of drug-likeness (QED) is 0.864. The molecule has 1 heterocycles. The van der Waals surface area contributed by atoms with Crippen molar-refractivity contribution in [1.29, 1.82) is 0 Å². The van der Waals surface area contributed by atoms with Crippen molar-refractivity contribution < 1.29 is 9.18 Å². The smallest absolute Gasteiger partial charge is 0.256 e. The van der Waals surface area contributed by atoms with Crippen LogP contribution in [0.5, 0.6) is 0 Å². The van der Waals surface area contributed by atoms with Gasteiger partial charge in [0, 0.05) is 24.2 Å². The van der Waals surface area contributed by atoms with E-state index in [0.717, 1.165) is 12.8 Å². The first-order valence-corrected chi connectivity index (χ1v) is 5.95. The second kappa shape index (κ2) is 6.36. The van der Waals surface area contributed by atoms with E-state index in [1.165, 1.54) is 18.2 Å². The van der Waals surface area contributed by atoms with Crippen molar-refractivity contribution in [3.8, 4) is 0 Å². The molecule has 0 bridgehead atoms. The Labute approximate surface area is 116 Å². The number of nitrogens with zero attached hydrogens (tertiary/aromatic N) is 1. The Kier molecular flexibility index (Phi) is 5.38. The molecule has 2 N–H and O–H groups in total. The number of amides is 1. The second-order valence-corrected chi connectivity index (χ2v) is 4.69. The first kappa shape index (κ1) is 15.2. The standard InChI is InChI=1S/C12H14ClFN2O.ClH/c13-8-1-2-11(14)10(7-8)12(17)16-5-3-9(15)4-6-16;/h1-2,7,9H,3-6,15H2;1H. The summed E-state index contributed by atoms with van der Waals surface area (Å²) < 4.78 is 13.5. The third-order valence-corrected chi connectivity index (χ3v) is 3.22. The van der Waals surface area contributed by atoms with E-state index in [0.29, 0.717) is 18.1 Å². The predicted octanol–water partition coefficient (Wildman–Crippen LogP) is 2.46. The zero-order chi connectivity index (χ0) is 12.4. The Morgan fingerprint density at radius 3 is 2.61 bits per heavy atom. The highest BCUT2D eigenvalue weighted by Gasteiger charge is 2.23. The summed E-state index contributed by atoms with van der Waals surface area (Å²) in [5.74, 6) is -0.842. The molecule has 0 spiro atoms. The minimum Gasteiger partial charge on any atom is -0.338 e. The SMILES string of the molecule is Cl.NC1CCN(C(=O)c2cc(Cl)ccc2F)CC1. The molecule has 1 fully saturated rings. The Balaban J connectivity index is 0.00000162. The number of carbonyl (C=O) groups excluding carboxylic acids is 1. The molecule has 0 aliphatic carbocycles. The summed E-state index contributed by atoms with van der Waals surface area (Å²) in [6.45, 7) is 1.15. The maximum Gasteiger partial charge on any atom is 0.256 e. The van der Waals surface area contributed by atoms with Crippen LogP contribution in [-0.2, 0) is 0 Å². The largest absolute Gasteiger partial charge is 0.338 e. The van der Waals surface area contributed by atoms with Gasteiger partial charge in [0.15, 0.2) is 0 Å². The molecule has 6 heteroatoms. The van der Waals surface area contributed by atoms with Gasteiger partial charge in [0.25, 0.3) is 5.91 Å². The molecule has 0 unspecified atom stereocenters. The number of benzene rings is 1. The highest BCUT2D eigenvalue weighted by atomic mass is 35.5. The van der Waals surface area contributed by atoms with Gasteiger partial charge >= 0.3 is 0 Å². The van der Waals surface area contributed by atoms with Crippen molar-refractivity contribution in [1.82, 2.24) is 4.90 Å². The summed E-state index contributed by atoms with van der Waals surface area (Å²) in [6.07, 6.45) is 1.52. The first-order valence-electron chi connectivity index (χ1n) is 5.58. The highest BCUT2D eigenvalue weighted by Crippen LogP contribution is 2.18. The Bertz CT molecular complexity index is 434. The molecule has 1 aromatic rings. The molecule has 18 heavy (non-hydrogen) atoms. The Morgan fingerprint density at radius 2 is 2.00 bits per heavy atom. The van der Waals surface area contributed by atoms with Gasteiger partial charge in [-0.3, -0.25) is 4.79 Å². The van der Waals surface area contributed by atoms with Crippen molar-refractivity contribution in [2.45, 2.75) is 18.9 Å². The second-order valence-electron chi connectivity index (χ2n) is 4.25. The normalized spacial score (nSPS) is 16.3. The predicted molar refractivity (Wildman–Crippen MR) is 71.8 cm³/mol. The fourth-order valence-corrected chi connectivity index (χ4v) is 2.11. The summed E-state index contributed by atoms with van der Waals surface area (Å²) in [5, 5.41) is 0.364. The maximum atomic E-state index is 13.5. The molecule has 2 rings (SSSR count). The molecule has 1 saturated heterocycles. The van der Waals surface area contributed by atoms with Crippen LogP contribution in [0.15, 0.2) is 18.2 Å². The zero-order valence-electron chi connectivity index (χ0n) is 9.73. The van der Waals surface area contributed by atoms with Gasteiger partial charge in [-0.25, -0.2) is 4.39 Å². The van der Waals surface area contributed by atoms with Crippen molar-refractivity contribution >= 4 is 29.9 Å². The molecule has 0 aromatic heterocycles. The summed E-state index contributed by atoms with van der Waals surface area (Å²) in [6, 6.07) is 4.15. The van der Waals surface area contributed by atoms with Crippen LogP contribution in [0.25, 0.3) is 0 Å². The Morgan fingerprint density at radius 1 is 1.39 bits per heavy atom. The fourth-order valence-electron chi connectivity index (χ4n) is 1.93. The average molecular weight is 293 g/mol. The van der Waals surface area contributed by atoms with Gasteiger partial charge < -0.3 is 10.6 Å². The van der Waals surface area contributed by atoms with Gasteiger partial charge in [-0.2, -0.15) is 0 Å². The number of hydrogen-bond donors (Lipinski definition) is 1. The molecular weight excluding hydrogens is 278 g/mol. The van der Waals surface area contributed by atoms with Gasteiger partial charge in [-0.15, -0.1) is 12.4 Å². The third kappa shape index (κ3) is 3.34. The van der Waals surface area contributed by atoms with Gasteiger partial charge in [-0.05, 0) is 31.0 Å². The van der Waals surface area contributed by atoms with Crippen LogP contribution in [0.3, 0.4) is 0 Å². The molecule has 3 nitrogen and oxygen atoms in total. The van der Waals surface area contributed by atoms with Crippen molar-refractivity contribution in [3.63, 3.8) is 0 Å². The molecule has 0 atom stereocenters. The van der Waals surface area contributed by atoms with Crippen LogP contribution in [0.4, 0.5) is 4.39 Å². The molecule has 1 aliphatic rings. The van der Waals surface area contributed by atoms with E-state index < -0.39 is 5.82 Å². The van der Waals surface area contributed by atoms with E-state index in [4.69, 9.17) is 17.3 Å². The number of halogens is 3. The van der Waals surface area contributed by atoms with Crippen LogP contribution in [0, 0.1) is 5.82 Å². The Hall–Kier alpha value is -0.840. The van der Waals surface area contributed by atoms with Gasteiger partial charge in [0.1, 0.15) is 5.82 Å². The van der Waals surface area contributed by atoms with E-state index in [-0.39, 0.29) is 29.9 Å². The topological polar surface area (TPSA) is 46.3 Å². The number of carbonyl (C=O) groups is 1. The number of nitrogens with two attached hydrogens (primary N) is 1. The van der Waals surface area contributed by atoms with E-state index in [2.05, 4.69) is 0 Å². The van der Waals surface area contributed by atoms with Crippen molar-refractivity contribution in [2.24, 2.45) is 5.73 Å². The maximum absolute atomic E-state index is 13.5. The highest BCUT2D eigenvalue weighted by molar-refractivity contribution is 6.31. The van der Waals surface area contributed by atoms with E-state index >= 15 is 0 Å². The van der Waals surface area contributed by atoms with Crippen LogP contribution < -0.4 is 5.73 Å². The number of rotatable bonds is 1. The summed E-state index contributed by atoms with van der Waals surface area (Å²) in [7, 11) is 0. The lowest BCUT2D eigenvalue weighted by molar-refractivity contribution is 0.0710. The lowest BCUT2D eigenvalue weighted by atomic mass is 10.0. The molecule has 100 valence electrons. The van der Waals surface area contributed by atoms with Crippen LogP contribution in [-0.4, -0.2) is 29.9 Å². The number of likely N-dealkylation sites (tertiary alicyclic amines) is 1. The summed E-state index contributed by atoms with van der Waals surface area (Å²) in [5.41, 5.74) is 5.79. The van der Waals surface area contributed by atoms with E-state index in [1.807, 2.05) is 0 Å². The minimum absolute atomic E-state index is 0. The lowest BCUT2D eigenvalue weighted by Gasteiger charge is -2.30. The van der Waals surface area contributed by atoms with E-state index in [1.54, 1.807) is 4.90 Å². The van der Waals surface area contributed by atoms with Gasteiger partial charge in [-0.1, -0.05) is 11.6 Å². The van der Waals surface area contributed by atoms with Crippen LogP contribution in [0.2, 0.25) is 5.02 Å². The summed E-state index contributed by atoms with van der Waals surface area (Å²) >= 11 is 5.77. The van der Waals surface area contributed by atoms with Gasteiger partial charge in [0.2, 0.25) is 0 Å². The number of hydrogen-bond acceptors (Lipinski definition) is 2. The van der Waals surface area contributed by atoms with Gasteiger partial charge in [0.05, 0.1) is 5.56 Å². The monoisotopic (exact) mass is 292 g/mol. The first-order chi connectivity index (χ1) is 8.08. The molecule has 1 aromatic carbocycles. The van der Waals surface area contributed by atoms with Crippen molar-refractivity contribution in [2.75, 3.05) is 13.1 Å². The molecule has 0 saturated carbocycles. The molecule has 0 radical (unpaired) electrons. The molecule has 1 amide bonds. The fraction of sp³-hybridized carbons (Fsp3) is 0.417. The summed E-state index contributed by atoms with van der Waals surface area (Å²) in [4.78, 5) is 13.7. The minimum atomic E-state index is -0.533. The van der Waals surface area contributed by atoms with E-state index in [9.17, 15) is 9.18 Å². The lowest BCUT2D eigenvalue weighted by Crippen LogP contribution is -2.43. The van der Waals surface area contributed by atoms with Crippen LogP contribution >= 0.6 is 24.0 Å². The van der Waals surface area contributed by atoms with Crippen LogP contribution in [0.1, 0.15) is 23.2 Å². The zero-order valence-corrected chi connectivity index (χ0v) is 11.3. The third-order valence-electron chi connectivity index (χ3n) is 2.99.